The Morgan fingerprint density at radius 2 is 1.70 bits per heavy atom. The molecule has 2 aliphatic rings. The van der Waals surface area contributed by atoms with Gasteiger partial charge in [-0.2, -0.15) is 13.2 Å². The highest BCUT2D eigenvalue weighted by Crippen LogP contribution is 2.48. The summed E-state index contributed by atoms with van der Waals surface area (Å²) >= 11 is 0. The summed E-state index contributed by atoms with van der Waals surface area (Å²) in [6.07, 6.45) is -0.875. The molecule has 0 bridgehead atoms. The third kappa shape index (κ3) is 5.20. The smallest absolute Gasteiger partial charge is 0.416 e. The average Bonchev–Trinajstić information content (AvgIpc) is 3.60. The van der Waals surface area contributed by atoms with Gasteiger partial charge in [-0.25, -0.2) is 4.39 Å². The Bertz CT molecular complexity index is 1030. The van der Waals surface area contributed by atoms with E-state index < -0.39 is 17.6 Å². The highest BCUT2D eigenvalue weighted by Gasteiger charge is 2.44. The molecule has 4 atom stereocenters. The molecule has 33 heavy (non-hydrogen) atoms. The third-order valence-electron chi connectivity index (χ3n) is 6.73. The van der Waals surface area contributed by atoms with Crippen LogP contribution in [0.4, 0.5) is 23.2 Å². The Hall–Kier alpha value is -2.90. The standard InChI is InChI=1S/C25H25F4NO3/c1-33-24(32)20-13-19(20)15-7-5-14(6-8-15)16-3-2-4-17(11-16)23(31)30-22-10-9-18(12-21(22)26)25(27,28)29/h5-10,12,16-17,19-20H,2-4,11,13H2,1H3,(H,30,31). The van der Waals surface area contributed by atoms with Crippen molar-refractivity contribution in [2.45, 2.75) is 50.1 Å². The molecular formula is C25H25F4NO3. The number of carbonyl (C=O) groups excluding carboxylic acids is 2. The van der Waals surface area contributed by atoms with Crippen molar-refractivity contribution in [1.82, 2.24) is 0 Å². The van der Waals surface area contributed by atoms with Crippen molar-refractivity contribution in [2.24, 2.45) is 11.8 Å². The van der Waals surface area contributed by atoms with Crippen LogP contribution in [0.25, 0.3) is 0 Å². The van der Waals surface area contributed by atoms with Crippen molar-refractivity contribution < 1.29 is 31.9 Å². The molecule has 2 saturated carbocycles. The highest BCUT2D eigenvalue weighted by atomic mass is 19.4. The Morgan fingerprint density at radius 3 is 2.33 bits per heavy atom. The minimum absolute atomic E-state index is 0.0748. The van der Waals surface area contributed by atoms with Gasteiger partial charge in [0.05, 0.1) is 24.3 Å². The van der Waals surface area contributed by atoms with Gasteiger partial charge in [0.25, 0.3) is 0 Å². The lowest BCUT2D eigenvalue weighted by Crippen LogP contribution is -2.28. The van der Waals surface area contributed by atoms with Crippen LogP contribution in [-0.4, -0.2) is 19.0 Å². The zero-order valence-electron chi connectivity index (χ0n) is 18.1. The minimum atomic E-state index is -4.64. The molecule has 0 saturated heterocycles. The van der Waals surface area contributed by atoms with Gasteiger partial charge in [-0.05, 0) is 66.8 Å². The van der Waals surface area contributed by atoms with E-state index in [1.807, 2.05) is 24.3 Å². The quantitative estimate of drug-likeness (QED) is 0.435. The van der Waals surface area contributed by atoms with Crippen molar-refractivity contribution in [3.63, 3.8) is 0 Å². The summed E-state index contributed by atoms with van der Waals surface area (Å²) in [6, 6.07) is 10.2. The number of anilines is 1. The highest BCUT2D eigenvalue weighted by molar-refractivity contribution is 5.92. The van der Waals surface area contributed by atoms with Gasteiger partial charge in [-0.3, -0.25) is 9.59 Å². The summed E-state index contributed by atoms with van der Waals surface area (Å²) in [4.78, 5) is 24.4. The van der Waals surface area contributed by atoms with Crippen LogP contribution in [-0.2, 0) is 20.5 Å². The fourth-order valence-corrected chi connectivity index (χ4v) is 4.75. The largest absolute Gasteiger partial charge is 0.469 e. The van der Waals surface area contributed by atoms with Crippen molar-refractivity contribution in [2.75, 3.05) is 12.4 Å². The van der Waals surface area contributed by atoms with E-state index in [9.17, 15) is 27.2 Å². The first-order valence-electron chi connectivity index (χ1n) is 11.0. The van der Waals surface area contributed by atoms with Gasteiger partial charge >= 0.3 is 12.1 Å². The summed E-state index contributed by atoms with van der Waals surface area (Å²) in [6.45, 7) is 0. The van der Waals surface area contributed by atoms with E-state index in [1.165, 1.54) is 7.11 Å². The number of amides is 1. The summed E-state index contributed by atoms with van der Waals surface area (Å²) in [5, 5.41) is 2.46. The molecular weight excluding hydrogens is 438 g/mol. The molecule has 0 aromatic heterocycles. The number of hydrogen-bond donors (Lipinski definition) is 1. The number of alkyl halides is 3. The predicted octanol–water partition coefficient (Wildman–Crippen LogP) is 6.03. The van der Waals surface area contributed by atoms with Crippen LogP contribution in [0.5, 0.6) is 0 Å². The van der Waals surface area contributed by atoms with E-state index in [-0.39, 0.29) is 41.2 Å². The van der Waals surface area contributed by atoms with Gasteiger partial charge in [-0.15, -0.1) is 0 Å². The van der Waals surface area contributed by atoms with Gasteiger partial charge in [0.15, 0.2) is 0 Å². The number of nitrogens with one attached hydrogen (secondary N) is 1. The SMILES string of the molecule is COC(=O)C1CC1c1ccc(C2CCCC(C(=O)Nc3ccc(C(F)(F)F)cc3F)C2)cc1. The van der Waals surface area contributed by atoms with Crippen LogP contribution >= 0.6 is 0 Å². The fraction of sp³-hybridized carbons (Fsp3) is 0.440. The number of carbonyl (C=O) groups is 2. The van der Waals surface area contributed by atoms with Crippen molar-refractivity contribution >= 4 is 17.6 Å². The second kappa shape index (κ2) is 9.15. The first-order chi connectivity index (χ1) is 15.7. The molecule has 8 heteroatoms. The molecule has 4 rings (SSSR count). The third-order valence-corrected chi connectivity index (χ3v) is 6.73. The molecule has 2 fully saturated rings. The van der Waals surface area contributed by atoms with Gasteiger partial charge in [-0.1, -0.05) is 30.7 Å². The van der Waals surface area contributed by atoms with Crippen LogP contribution in [0.3, 0.4) is 0 Å². The van der Waals surface area contributed by atoms with E-state index in [1.54, 1.807) is 0 Å². The monoisotopic (exact) mass is 463 g/mol. The van der Waals surface area contributed by atoms with Crippen LogP contribution in [0.1, 0.15) is 60.6 Å². The Labute approximate surface area is 189 Å². The molecule has 4 unspecified atom stereocenters. The van der Waals surface area contributed by atoms with Crippen LogP contribution in [0.2, 0.25) is 0 Å². The maximum Gasteiger partial charge on any atom is 0.416 e. The number of hydrogen-bond acceptors (Lipinski definition) is 3. The lowest BCUT2D eigenvalue weighted by atomic mass is 9.77. The summed E-state index contributed by atoms with van der Waals surface area (Å²) in [5.41, 5.74) is 0.858. The zero-order valence-corrected chi connectivity index (χ0v) is 18.1. The Morgan fingerprint density at radius 1 is 1.00 bits per heavy atom. The maximum absolute atomic E-state index is 14.1. The lowest BCUT2D eigenvalue weighted by molar-refractivity contribution is -0.142. The predicted molar refractivity (Wildman–Crippen MR) is 114 cm³/mol. The van der Waals surface area contributed by atoms with E-state index in [0.29, 0.717) is 18.9 Å². The molecule has 1 amide bonds. The first kappa shape index (κ1) is 23.3. The maximum atomic E-state index is 14.1. The molecule has 0 aliphatic heterocycles. The Balaban J connectivity index is 1.37. The Kier molecular flexibility index (Phi) is 6.45. The zero-order chi connectivity index (χ0) is 23.8. The molecule has 2 aliphatic carbocycles. The number of halogens is 4. The molecule has 0 radical (unpaired) electrons. The molecule has 4 nitrogen and oxygen atoms in total. The summed E-state index contributed by atoms with van der Waals surface area (Å²) in [7, 11) is 1.39. The van der Waals surface area contributed by atoms with Gasteiger partial charge in [0.2, 0.25) is 5.91 Å². The van der Waals surface area contributed by atoms with Crippen LogP contribution in [0, 0.1) is 17.7 Å². The average molecular weight is 463 g/mol. The normalized spacial score (nSPS) is 24.8. The van der Waals surface area contributed by atoms with Gasteiger partial charge < -0.3 is 10.1 Å². The molecule has 2 aromatic rings. The number of benzene rings is 2. The molecule has 0 heterocycles. The van der Waals surface area contributed by atoms with Crippen LogP contribution in [0.15, 0.2) is 42.5 Å². The van der Waals surface area contributed by atoms with Crippen LogP contribution < -0.4 is 5.32 Å². The molecule has 1 N–H and O–H groups in total. The van der Waals surface area contributed by atoms with Gasteiger partial charge in [0, 0.05) is 5.92 Å². The first-order valence-corrected chi connectivity index (χ1v) is 11.0. The van der Waals surface area contributed by atoms with Crippen molar-refractivity contribution in [1.29, 1.82) is 0 Å². The fourth-order valence-electron chi connectivity index (χ4n) is 4.75. The summed E-state index contributed by atoms with van der Waals surface area (Å²) in [5.74, 6) is -1.74. The van der Waals surface area contributed by atoms with E-state index >= 15 is 0 Å². The van der Waals surface area contributed by atoms with E-state index in [4.69, 9.17) is 4.74 Å². The molecule has 176 valence electrons. The number of ether oxygens (including phenoxy) is 1. The number of esters is 1. The minimum Gasteiger partial charge on any atom is -0.469 e. The number of methoxy groups -OCH3 is 1. The second-order valence-electron chi connectivity index (χ2n) is 8.88. The van der Waals surface area contributed by atoms with Crippen molar-refractivity contribution in [3.05, 3.63) is 65.0 Å². The summed E-state index contributed by atoms with van der Waals surface area (Å²) < 4.78 is 57.1. The second-order valence-corrected chi connectivity index (χ2v) is 8.88. The van der Waals surface area contributed by atoms with Gasteiger partial charge in [0.1, 0.15) is 5.82 Å². The topological polar surface area (TPSA) is 55.4 Å². The lowest BCUT2D eigenvalue weighted by Gasteiger charge is -2.29. The van der Waals surface area contributed by atoms with E-state index in [2.05, 4.69) is 5.32 Å². The van der Waals surface area contributed by atoms with Crippen molar-refractivity contribution in [3.8, 4) is 0 Å². The number of rotatable bonds is 5. The molecule has 0 spiro atoms. The molecule has 2 aromatic carbocycles. The van der Waals surface area contributed by atoms with E-state index in [0.717, 1.165) is 42.5 Å².